The molecule has 2 aromatic rings. The summed E-state index contributed by atoms with van der Waals surface area (Å²) in [5.74, 6) is -0.451. The fraction of sp³-hybridized carbons (Fsp3) is 0.316. The summed E-state index contributed by atoms with van der Waals surface area (Å²) in [6.45, 7) is 0. The molecule has 1 saturated heterocycles. The van der Waals surface area contributed by atoms with Crippen molar-refractivity contribution in [2.45, 2.75) is 24.7 Å². The van der Waals surface area contributed by atoms with Crippen molar-refractivity contribution in [2.75, 3.05) is 16.8 Å². The second-order valence-electron chi connectivity index (χ2n) is 6.81. The molecule has 5 nitrogen and oxygen atoms in total. The molecule has 0 bridgehead atoms. The normalized spacial score (nSPS) is 19.9. The van der Waals surface area contributed by atoms with Gasteiger partial charge in [-0.15, -0.1) is 0 Å². The highest BCUT2D eigenvalue weighted by Gasteiger charge is 2.36. The zero-order chi connectivity index (χ0) is 20.4. The summed E-state index contributed by atoms with van der Waals surface area (Å²) in [5.41, 5.74) is -0.170. The van der Waals surface area contributed by atoms with Crippen LogP contribution in [0.3, 0.4) is 0 Å². The van der Waals surface area contributed by atoms with Gasteiger partial charge in [0.25, 0.3) is 5.91 Å². The fourth-order valence-electron chi connectivity index (χ4n) is 3.25. The Bertz CT molecular complexity index is 946. The molecule has 1 aliphatic rings. The summed E-state index contributed by atoms with van der Waals surface area (Å²) in [7, 11) is -3.12. The Labute approximate surface area is 160 Å². The highest BCUT2D eigenvalue weighted by atomic mass is 32.2. The van der Waals surface area contributed by atoms with Gasteiger partial charge < -0.3 is 10.6 Å². The van der Waals surface area contributed by atoms with Gasteiger partial charge in [-0.05, 0) is 18.2 Å². The summed E-state index contributed by atoms with van der Waals surface area (Å²) >= 11 is 0. The molecule has 1 fully saturated rings. The number of sulfone groups is 1. The molecule has 0 unspecified atom stereocenters. The minimum Gasteiger partial charge on any atom is -0.329 e. The van der Waals surface area contributed by atoms with Crippen molar-refractivity contribution < 1.29 is 31.7 Å². The molecule has 0 aromatic heterocycles. The number of carbonyl (C=O) groups excluding carboxylic acids is 1. The van der Waals surface area contributed by atoms with Gasteiger partial charge >= 0.3 is 6.18 Å². The first-order chi connectivity index (χ1) is 13.1. The Hall–Kier alpha value is -2.39. The molecule has 28 heavy (non-hydrogen) atoms. The number of quaternary nitrogens is 1. The van der Waals surface area contributed by atoms with Crippen LogP contribution in [0, 0.1) is 0 Å². The van der Waals surface area contributed by atoms with Gasteiger partial charge in [0.15, 0.2) is 15.9 Å². The smallest absolute Gasteiger partial charge is 0.329 e. The molecule has 3 rings (SSSR count). The number of alkyl halides is 3. The van der Waals surface area contributed by atoms with Crippen molar-refractivity contribution in [3.05, 3.63) is 65.7 Å². The van der Waals surface area contributed by atoms with Gasteiger partial charge in [0.2, 0.25) is 0 Å². The molecule has 1 amide bonds. The lowest BCUT2D eigenvalue weighted by Gasteiger charge is -2.19. The molecule has 2 atom stereocenters. The Morgan fingerprint density at radius 3 is 2.43 bits per heavy atom. The van der Waals surface area contributed by atoms with E-state index in [0.29, 0.717) is 12.0 Å². The zero-order valence-electron chi connectivity index (χ0n) is 14.8. The second kappa shape index (κ2) is 7.92. The number of benzene rings is 2. The van der Waals surface area contributed by atoms with Gasteiger partial charge in [-0.3, -0.25) is 4.79 Å². The van der Waals surface area contributed by atoms with E-state index in [1.807, 2.05) is 0 Å². The molecule has 0 saturated carbocycles. The van der Waals surface area contributed by atoms with Gasteiger partial charge in [0, 0.05) is 17.7 Å². The molecule has 3 N–H and O–H groups in total. The summed E-state index contributed by atoms with van der Waals surface area (Å²) in [6.07, 6.45) is -4.08. The quantitative estimate of drug-likeness (QED) is 0.788. The van der Waals surface area contributed by atoms with Crippen molar-refractivity contribution in [3.8, 4) is 0 Å². The second-order valence-corrected chi connectivity index (χ2v) is 9.04. The summed E-state index contributed by atoms with van der Waals surface area (Å²) in [4.78, 5) is 12.9. The van der Waals surface area contributed by atoms with Crippen molar-refractivity contribution >= 4 is 21.4 Å². The van der Waals surface area contributed by atoms with E-state index >= 15 is 0 Å². The third-order valence-corrected chi connectivity index (χ3v) is 6.42. The number of hydrogen-bond donors (Lipinski definition) is 2. The summed E-state index contributed by atoms with van der Waals surface area (Å²) in [5, 5.41) is 4.21. The van der Waals surface area contributed by atoms with E-state index < -0.39 is 33.5 Å². The van der Waals surface area contributed by atoms with E-state index in [0.717, 1.165) is 12.1 Å². The van der Waals surface area contributed by atoms with Crippen LogP contribution in [0.5, 0.6) is 0 Å². The topological polar surface area (TPSA) is 79.8 Å². The number of nitrogens with one attached hydrogen (secondary N) is 1. The van der Waals surface area contributed by atoms with Crippen LogP contribution in [0.2, 0.25) is 0 Å². The van der Waals surface area contributed by atoms with Crippen molar-refractivity contribution in [1.29, 1.82) is 0 Å². The standard InChI is InChI=1S/C19H19F3N2O3S/c20-19(21,22)14-7-4-8-15(11-14)24-18(25)17(13-5-2-1-3-6-13)23-16-9-10-28(26,27)12-16/h1-8,11,16-17,23H,9-10,12H2,(H,24,25)/p+1/t16-,17-/m0/s1. The van der Waals surface area contributed by atoms with E-state index in [1.54, 1.807) is 35.6 Å². The number of nitrogens with two attached hydrogens (primary N) is 1. The number of amides is 1. The first-order valence-corrected chi connectivity index (χ1v) is 10.5. The summed E-state index contributed by atoms with van der Waals surface area (Å²) < 4.78 is 62.1. The molecule has 150 valence electrons. The largest absolute Gasteiger partial charge is 0.416 e. The van der Waals surface area contributed by atoms with Crippen LogP contribution >= 0.6 is 0 Å². The molecule has 1 heterocycles. The van der Waals surface area contributed by atoms with Crippen molar-refractivity contribution in [2.24, 2.45) is 0 Å². The number of rotatable bonds is 5. The first kappa shape index (κ1) is 20.3. The Morgan fingerprint density at radius 1 is 1.11 bits per heavy atom. The maximum Gasteiger partial charge on any atom is 0.416 e. The lowest BCUT2D eigenvalue weighted by molar-refractivity contribution is -0.710. The van der Waals surface area contributed by atoms with Gasteiger partial charge in [-0.25, -0.2) is 8.42 Å². The van der Waals surface area contributed by atoms with Crippen LogP contribution in [0.15, 0.2) is 54.6 Å². The van der Waals surface area contributed by atoms with Crippen LogP contribution in [0.1, 0.15) is 23.6 Å². The van der Waals surface area contributed by atoms with Crippen LogP contribution in [-0.2, 0) is 20.8 Å². The van der Waals surface area contributed by atoms with Crippen molar-refractivity contribution in [1.82, 2.24) is 0 Å². The maximum atomic E-state index is 12.9. The van der Waals surface area contributed by atoms with Gasteiger partial charge in [-0.2, -0.15) is 13.2 Å². The van der Waals surface area contributed by atoms with Gasteiger partial charge in [0.05, 0.1) is 11.3 Å². The van der Waals surface area contributed by atoms with Crippen LogP contribution < -0.4 is 10.6 Å². The molecule has 2 aromatic carbocycles. The lowest BCUT2D eigenvalue weighted by Crippen LogP contribution is -2.93. The average Bonchev–Trinajstić information content (AvgIpc) is 2.98. The Balaban J connectivity index is 1.81. The molecular formula is C19H20F3N2O3S+. The highest BCUT2D eigenvalue weighted by molar-refractivity contribution is 7.91. The number of hydrogen-bond acceptors (Lipinski definition) is 3. The molecule has 9 heteroatoms. The number of halogens is 3. The Morgan fingerprint density at radius 2 is 1.82 bits per heavy atom. The molecule has 0 aliphatic carbocycles. The third kappa shape index (κ3) is 5.11. The minimum absolute atomic E-state index is 0.0207. The Kier molecular flexibility index (Phi) is 5.76. The minimum atomic E-state index is -4.51. The van der Waals surface area contributed by atoms with Gasteiger partial charge in [-0.1, -0.05) is 36.4 Å². The third-order valence-electron chi connectivity index (χ3n) is 4.63. The molecule has 1 aliphatic heterocycles. The van der Waals surface area contributed by atoms with Crippen LogP contribution in [0.25, 0.3) is 0 Å². The van der Waals surface area contributed by atoms with E-state index in [4.69, 9.17) is 0 Å². The van der Waals surface area contributed by atoms with Gasteiger partial charge in [0.1, 0.15) is 11.8 Å². The van der Waals surface area contributed by atoms with E-state index in [1.165, 1.54) is 12.1 Å². The first-order valence-electron chi connectivity index (χ1n) is 8.72. The number of anilines is 1. The van der Waals surface area contributed by atoms with Crippen LogP contribution in [0.4, 0.5) is 18.9 Å². The predicted octanol–water partition coefficient (Wildman–Crippen LogP) is 2.14. The molecular weight excluding hydrogens is 393 g/mol. The van der Waals surface area contributed by atoms with Crippen LogP contribution in [-0.4, -0.2) is 31.9 Å². The fourth-order valence-corrected chi connectivity index (χ4v) is 5.01. The zero-order valence-corrected chi connectivity index (χ0v) is 15.6. The molecule has 0 radical (unpaired) electrons. The SMILES string of the molecule is O=C(Nc1cccc(C(F)(F)F)c1)[C@@H]([NH2+][C@H]1CCS(=O)(=O)C1)c1ccccc1. The predicted molar refractivity (Wildman–Crippen MR) is 98.2 cm³/mol. The molecule has 0 spiro atoms. The van der Waals surface area contributed by atoms with Crippen molar-refractivity contribution in [3.63, 3.8) is 0 Å². The number of carbonyl (C=O) groups is 1. The highest BCUT2D eigenvalue weighted by Crippen LogP contribution is 2.30. The average molecular weight is 413 g/mol. The monoisotopic (exact) mass is 413 g/mol. The lowest BCUT2D eigenvalue weighted by atomic mass is 10.0. The summed E-state index contributed by atoms with van der Waals surface area (Å²) in [6, 6.07) is 12.1. The van der Waals surface area contributed by atoms with E-state index in [2.05, 4.69) is 5.32 Å². The van der Waals surface area contributed by atoms with E-state index in [-0.39, 0.29) is 23.2 Å². The van der Waals surface area contributed by atoms with E-state index in [9.17, 15) is 26.4 Å². The maximum absolute atomic E-state index is 12.9.